The Morgan fingerprint density at radius 3 is 2.72 bits per heavy atom. The lowest BCUT2D eigenvalue weighted by atomic mass is 9.84. The van der Waals surface area contributed by atoms with E-state index >= 15 is 0 Å². The summed E-state index contributed by atoms with van der Waals surface area (Å²) in [4.78, 5) is 25.7. The van der Waals surface area contributed by atoms with E-state index in [4.69, 9.17) is 14.2 Å². The average molecular weight is 401 g/mol. The largest absolute Gasteiger partial charge is 0.492 e. The summed E-state index contributed by atoms with van der Waals surface area (Å²) in [6.45, 7) is 0.787. The number of hydrogen-bond acceptors (Lipinski definition) is 5. The van der Waals surface area contributed by atoms with Crippen LogP contribution < -0.4 is 9.47 Å². The van der Waals surface area contributed by atoms with Gasteiger partial charge >= 0.3 is 5.97 Å². The quantitative estimate of drug-likeness (QED) is 0.756. The number of benzene rings is 1. The Morgan fingerprint density at radius 1 is 1.21 bits per heavy atom. The minimum absolute atomic E-state index is 0.187. The minimum Gasteiger partial charge on any atom is -0.492 e. The summed E-state index contributed by atoms with van der Waals surface area (Å²) >= 11 is 0. The van der Waals surface area contributed by atoms with Crippen LogP contribution in [0.3, 0.4) is 0 Å². The number of carbonyl (C=O) groups is 2. The molecule has 1 amide bonds. The number of carbonyl (C=O) groups excluding carboxylic acids is 1. The van der Waals surface area contributed by atoms with Gasteiger partial charge in [-0.3, -0.25) is 4.79 Å². The molecule has 0 spiro atoms. The van der Waals surface area contributed by atoms with Crippen LogP contribution in [0.15, 0.2) is 36.1 Å². The van der Waals surface area contributed by atoms with E-state index in [2.05, 4.69) is 0 Å². The molecule has 0 saturated heterocycles. The highest BCUT2D eigenvalue weighted by molar-refractivity contribution is 5.94. The fourth-order valence-electron chi connectivity index (χ4n) is 4.31. The van der Waals surface area contributed by atoms with Gasteiger partial charge in [-0.2, -0.15) is 0 Å². The van der Waals surface area contributed by atoms with Crippen molar-refractivity contribution in [2.75, 3.05) is 19.8 Å². The van der Waals surface area contributed by atoms with Crippen molar-refractivity contribution >= 4 is 11.9 Å². The van der Waals surface area contributed by atoms with Gasteiger partial charge in [0.25, 0.3) is 5.91 Å². The molecular formula is C22H27NO6. The Morgan fingerprint density at radius 2 is 1.97 bits per heavy atom. The van der Waals surface area contributed by atoms with Crippen molar-refractivity contribution in [1.82, 2.24) is 4.90 Å². The van der Waals surface area contributed by atoms with Crippen LogP contribution in [0.25, 0.3) is 0 Å². The zero-order valence-corrected chi connectivity index (χ0v) is 16.4. The smallest absolute Gasteiger partial charge is 0.326 e. The molecule has 3 aliphatic rings. The first-order valence-corrected chi connectivity index (χ1v) is 10.4. The van der Waals surface area contributed by atoms with Crippen LogP contribution in [0.4, 0.5) is 0 Å². The molecule has 2 atom stereocenters. The highest BCUT2D eigenvalue weighted by atomic mass is 16.6. The van der Waals surface area contributed by atoms with E-state index in [1.807, 2.05) is 24.3 Å². The first-order chi connectivity index (χ1) is 14.1. The van der Waals surface area contributed by atoms with Crippen LogP contribution in [0.2, 0.25) is 0 Å². The maximum atomic E-state index is 12.4. The molecule has 1 N–H and O–H groups in total. The van der Waals surface area contributed by atoms with Gasteiger partial charge in [0.05, 0.1) is 6.54 Å². The van der Waals surface area contributed by atoms with Crippen LogP contribution in [0.1, 0.15) is 38.5 Å². The van der Waals surface area contributed by atoms with Gasteiger partial charge in [0.2, 0.25) is 0 Å². The maximum absolute atomic E-state index is 12.4. The van der Waals surface area contributed by atoms with Gasteiger partial charge in [-0.25, -0.2) is 4.79 Å². The highest BCUT2D eigenvalue weighted by Crippen LogP contribution is 2.32. The monoisotopic (exact) mass is 401 g/mol. The lowest BCUT2D eigenvalue weighted by Crippen LogP contribution is -2.44. The van der Waals surface area contributed by atoms with Gasteiger partial charge < -0.3 is 24.2 Å². The summed E-state index contributed by atoms with van der Waals surface area (Å²) in [7, 11) is 0. The van der Waals surface area contributed by atoms with Crippen molar-refractivity contribution in [1.29, 1.82) is 0 Å². The number of carboxylic acids is 1. The molecule has 1 saturated carbocycles. The average Bonchev–Trinajstić information content (AvgIpc) is 3.11. The number of amides is 1. The number of rotatable bonds is 7. The molecule has 29 heavy (non-hydrogen) atoms. The van der Waals surface area contributed by atoms with Crippen LogP contribution in [-0.4, -0.2) is 53.8 Å². The molecule has 7 heteroatoms. The summed E-state index contributed by atoms with van der Waals surface area (Å²) in [5.74, 6) is 0.984. The van der Waals surface area contributed by atoms with Crippen LogP contribution in [0, 0.1) is 5.92 Å². The number of aliphatic carboxylic acids is 1. The molecule has 2 unspecified atom stereocenters. The van der Waals surface area contributed by atoms with E-state index in [9.17, 15) is 14.7 Å². The molecule has 1 aromatic carbocycles. The number of nitrogens with zero attached hydrogens (tertiary/aromatic N) is 1. The molecule has 1 aliphatic carbocycles. The van der Waals surface area contributed by atoms with E-state index in [0.717, 1.165) is 25.7 Å². The van der Waals surface area contributed by atoms with Gasteiger partial charge in [0.1, 0.15) is 25.0 Å². The number of para-hydroxylation sites is 2. The molecule has 0 bridgehead atoms. The molecule has 2 aliphatic heterocycles. The van der Waals surface area contributed by atoms with Crippen molar-refractivity contribution in [2.45, 2.75) is 50.7 Å². The van der Waals surface area contributed by atoms with Crippen LogP contribution in [0.5, 0.6) is 11.5 Å². The van der Waals surface area contributed by atoms with Crippen molar-refractivity contribution in [3.05, 3.63) is 36.1 Å². The predicted molar refractivity (Wildman–Crippen MR) is 105 cm³/mol. The SMILES string of the molecule is O=C(O)C(CC1CCCCC1)N1CC(OCC2COc3ccccc3O2)=CC1=O. The van der Waals surface area contributed by atoms with Crippen molar-refractivity contribution in [3.63, 3.8) is 0 Å². The number of hydrogen-bond donors (Lipinski definition) is 1. The molecule has 2 heterocycles. The Kier molecular flexibility index (Phi) is 5.92. The normalized spacial score (nSPS) is 22.9. The maximum Gasteiger partial charge on any atom is 0.326 e. The lowest BCUT2D eigenvalue weighted by molar-refractivity contribution is -0.148. The van der Waals surface area contributed by atoms with Crippen molar-refractivity contribution in [2.24, 2.45) is 5.92 Å². The standard InChI is InChI=1S/C22H27NO6/c24-21-11-16(27-13-17-14-28-19-8-4-5-9-20(19)29-17)12-23(21)18(22(25)26)10-15-6-2-1-3-7-15/h4-5,8-9,11,15,17-18H,1-3,6-7,10,12-14H2,(H,25,26). The summed E-state index contributed by atoms with van der Waals surface area (Å²) in [6.07, 6.45) is 7.22. The number of ether oxygens (including phenoxy) is 3. The molecule has 1 aromatic rings. The summed E-state index contributed by atoms with van der Waals surface area (Å²) in [5.41, 5.74) is 0. The van der Waals surface area contributed by atoms with Crippen LogP contribution >= 0.6 is 0 Å². The molecule has 0 aromatic heterocycles. The van der Waals surface area contributed by atoms with Gasteiger partial charge in [0, 0.05) is 6.08 Å². The Labute approximate surface area is 170 Å². The van der Waals surface area contributed by atoms with Crippen LogP contribution in [-0.2, 0) is 14.3 Å². The second-order valence-corrected chi connectivity index (χ2v) is 7.98. The molecule has 156 valence electrons. The molecular weight excluding hydrogens is 374 g/mol. The fraction of sp³-hybridized carbons (Fsp3) is 0.545. The van der Waals surface area contributed by atoms with E-state index in [1.54, 1.807) is 0 Å². The lowest BCUT2D eigenvalue weighted by Gasteiger charge is -2.30. The molecule has 4 rings (SSSR count). The molecule has 0 radical (unpaired) electrons. The Hall–Kier alpha value is -2.70. The zero-order chi connectivity index (χ0) is 20.2. The molecule has 1 fully saturated rings. The van der Waals surface area contributed by atoms with E-state index < -0.39 is 12.0 Å². The summed E-state index contributed by atoms with van der Waals surface area (Å²) < 4.78 is 17.3. The third-order valence-electron chi connectivity index (χ3n) is 5.86. The summed E-state index contributed by atoms with van der Waals surface area (Å²) in [6, 6.07) is 6.64. The first kappa shape index (κ1) is 19.6. The van der Waals surface area contributed by atoms with E-state index in [1.165, 1.54) is 17.4 Å². The topological polar surface area (TPSA) is 85.3 Å². The van der Waals surface area contributed by atoms with E-state index in [-0.39, 0.29) is 25.2 Å². The first-order valence-electron chi connectivity index (χ1n) is 10.4. The van der Waals surface area contributed by atoms with Gasteiger partial charge in [-0.05, 0) is 24.5 Å². The third-order valence-corrected chi connectivity index (χ3v) is 5.86. The van der Waals surface area contributed by atoms with Crippen molar-refractivity contribution in [3.8, 4) is 11.5 Å². The highest BCUT2D eigenvalue weighted by Gasteiger charge is 2.36. The second kappa shape index (κ2) is 8.76. The Balaban J connectivity index is 1.31. The predicted octanol–water partition coefficient (Wildman–Crippen LogP) is 2.99. The summed E-state index contributed by atoms with van der Waals surface area (Å²) in [5, 5.41) is 9.70. The number of carboxylic acid groups (broad SMARTS) is 1. The van der Waals surface area contributed by atoms with Gasteiger partial charge in [-0.1, -0.05) is 44.2 Å². The van der Waals surface area contributed by atoms with E-state index in [0.29, 0.717) is 36.2 Å². The second-order valence-electron chi connectivity index (χ2n) is 7.98. The van der Waals surface area contributed by atoms with Gasteiger partial charge in [-0.15, -0.1) is 0 Å². The zero-order valence-electron chi connectivity index (χ0n) is 16.4. The number of fused-ring (bicyclic) bond motifs is 1. The minimum atomic E-state index is -0.945. The van der Waals surface area contributed by atoms with Gasteiger partial charge in [0.15, 0.2) is 17.6 Å². The Bertz CT molecular complexity index is 785. The fourth-order valence-corrected chi connectivity index (χ4v) is 4.31. The molecule has 7 nitrogen and oxygen atoms in total. The third kappa shape index (κ3) is 4.66. The van der Waals surface area contributed by atoms with Crippen molar-refractivity contribution < 1.29 is 28.9 Å².